The molecule has 0 aromatic heterocycles. The van der Waals surface area contributed by atoms with Crippen LogP contribution in [0.15, 0.2) is 0 Å². The fourth-order valence-corrected chi connectivity index (χ4v) is 1.26. The Bertz CT molecular complexity index is 115. The van der Waals surface area contributed by atoms with Gasteiger partial charge in [0.2, 0.25) is 0 Å². The van der Waals surface area contributed by atoms with Crippen molar-refractivity contribution in [2.45, 2.75) is 25.0 Å². The third-order valence-electron chi connectivity index (χ3n) is 1.99. The largest absolute Gasteiger partial charge is 0.394 e. The predicted octanol–water partition coefficient (Wildman–Crippen LogP) is -0.892. The Hall–Kier alpha value is -0.160. The van der Waals surface area contributed by atoms with Crippen LogP contribution in [0.1, 0.15) is 12.8 Å². The molecular weight excluding hydrogens is 158 g/mol. The summed E-state index contributed by atoms with van der Waals surface area (Å²) in [5.41, 5.74) is 0. The predicted molar refractivity (Wildman–Crippen MR) is 44.9 cm³/mol. The first kappa shape index (κ1) is 9.92. The minimum absolute atomic E-state index is 0.208. The molecule has 0 aromatic rings. The van der Waals surface area contributed by atoms with Gasteiger partial charge < -0.3 is 20.3 Å². The lowest BCUT2D eigenvalue weighted by molar-refractivity contribution is -0.0349. The molecule has 1 fully saturated rings. The number of aliphatic hydroxyl groups excluding tert-OH is 2. The molecule has 0 saturated carbocycles. The molecule has 1 aliphatic heterocycles. The van der Waals surface area contributed by atoms with Crippen LogP contribution in [0.4, 0.5) is 0 Å². The third-order valence-corrected chi connectivity index (χ3v) is 1.99. The van der Waals surface area contributed by atoms with E-state index in [2.05, 4.69) is 5.32 Å². The summed E-state index contributed by atoms with van der Waals surface area (Å²) in [5.74, 6) is 0. The summed E-state index contributed by atoms with van der Waals surface area (Å²) in [4.78, 5) is 0. The molecule has 0 amide bonds. The van der Waals surface area contributed by atoms with Crippen molar-refractivity contribution >= 4 is 0 Å². The third kappa shape index (κ3) is 3.49. The minimum atomic E-state index is -0.730. The maximum Gasteiger partial charge on any atom is 0.100 e. The van der Waals surface area contributed by atoms with Gasteiger partial charge in [0.1, 0.15) is 6.10 Å². The summed E-state index contributed by atoms with van der Waals surface area (Å²) in [5, 5.41) is 20.7. The Morgan fingerprint density at radius 2 is 2.42 bits per heavy atom. The van der Waals surface area contributed by atoms with Gasteiger partial charge in [-0.3, -0.25) is 0 Å². The highest BCUT2D eigenvalue weighted by Gasteiger charge is 2.14. The topological polar surface area (TPSA) is 61.7 Å². The molecule has 12 heavy (non-hydrogen) atoms. The first-order chi connectivity index (χ1) is 5.83. The van der Waals surface area contributed by atoms with Crippen LogP contribution < -0.4 is 5.32 Å². The van der Waals surface area contributed by atoms with Crippen molar-refractivity contribution in [3.05, 3.63) is 0 Å². The number of nitrogens with one attached hydrogen (secondary N) is 1. The van der Waals surface area contributed by atoms with Crippen molar-refractivity contribution in [1.82, 2.24) is 5.32 Å². The Morgan fingerprint density at radius 1 is 1.58 bits per heavy atom. The highest BCUT2D eigenvalue weighted by atomic mass is 16.5. The van der Waals surface area contributed by atoms with E-state index in [-0.39, 0.29) is 19.3 Å². The summed E-state index contributed by atoms with van der Waals surface area (Å²) in [7, 11) is 0. The fraction of sp³-hybridized carbons (Fsp3) is 1.00. The molecule has 0 spiro atoms. The number of piperidine rings is 1. The van der Waals surface area contributed by atoms with Gasteiger partial charge in [0.15, 0.2) is 0 Å². The van der Waals surface area contributed by atoms with Crippen LogP contribution in [0.25, 0.3) is 0 Å². The average Bonchev–Trinajstić information content (AvgIpc) is 2.16. The quantitative estimate of drug-likeness (QED) is 0.518. The van der Waals surface area contributed by atoms with Crippen molar-refractivity contribution in [2.75, 3.05) is 26.3 Å². The van der Waals surface area contributed by atoms with Crippen LogP contribution in [0.5, 0.6) is 0 Å². The molecule has 2 atom stereocenters. The Kier molecular flexibility index (Phi) is 4.53. The number of rotatable bonds is 4. The molecular formula is C8H17NO3. The maximum atomic E-state index is 8.99. The second-order valence-electron chi connectivity index (χ2n) is 3.14. The van der Waals surface area contributed by atoms with E-state index in [4.69, 9.17) is 14.9 Å². The zero-order chi connectivity index (χ0) is 8.81. The molecule has 1 rings (SSSR count). The number of hydrogen-bond acceptors (Lipinski definition) is 4. The fourth-order valence-electron chi connectivity index (χ4n) is 1.26. The van der Waals surface area contributed by atoms with Crippen LogP contribution in [0, 0.1) is 0 Å². The van der Waals surface area contributed by atoms with E-state index in [1.807, 2.05) is 0 Å². The SMILES string of the molecule is OCC(O)CO[C@H]1CCCNC1. The molecule has 0 radical (unpaired) electrons. The van der Waals surface area contributed by atoms with E-state index >= 15 is 0 Å². The van der Waals surface area contributed by atoms with Crippen molar-refractivity contribution in [3.63, 3.8) is 0 Å². The smallest absolute Gasteiger partial charge is 0.100 e. The number of aliphatic hydroxyl groups is 2. The number of hydrogen-bond donors (Lipinski definition) is 3. The van der Waals surface area contributed by atoms with Crippen LogP contribution in [-0.2, 0) is 4.74 Å². The average molecular weight is 175 g/mol. The molecule has 4 heteroatoms. The lowest BCUT2D eigenvalue weighted by Gasteiger charge is -2.23. The van der Waals surface area contributed by atoms with E-state index in [0.29, 0.717) is 0 Å². The van der Waals surface area contributed by atoms with Gasteiger partial charge in [-0.1, -0.05) is 0 Å². The molecule has 0 aliphatic carbocycles. The highest BCUT2D eigenvalue weighted by Crippen LogP contribution is 2.05. The van der Waals surface area contributed by atoms with Gasteiger partial charge in [-0.25, -0.2) is 0 Å². The van der Waals surface area contributed by atoms with Crippen molar-refractivity contribution in [3.8, 4) is 0 Å². The first-order valence-electron chi connectivity index (χ1n) is 4.44. The second-order valence-corrected chi connectivity index (χ2v) is 3.14. The summed E-state index contributed by atoms with van der Waals surface area (Å²) in [6, 6.07) is 0. The summed E-state index contributed by atoms with van der Waals surface area (Å²) < 4.78 is 5.36. The summed E-state index contributed by atoms with van der Waals surface area (Å²) in [6.07, 6.45) is 1.65. The molecule has 0 aromatic carbocycles. The Balaban J connectivity index is 2.05. The molecule has 1 heterocycles. The monoisotopic (exact) mass is 175 g/mol. The summed E-state index contributed by atoms with van der Waals surface area (Å²) >= 11 is 0. The normalized spacial score (nSPS) is 27.0. The van der Waals surface area contributed by atoms with Crippen LogP contribution in [-0.4, -0.2) is 48.7 Å². The van der Waals surface area contributed by atoms with Crippen molar-refractivity contribution < 1.29 is 14.9 Å². The molecule has 4 nitrogen and oxygen atoms in total. The molecule has 1 saturated heterocycles. The molecule has 3 N–H and O–H groups in total. The zero-order valence-corrected chi connectivity index (χ0v) is 7.20. The second kappa shape index (κ2) is 5.48. The zero-order valence-electron chi connectivity index (χ0n) is 7.20. The van der Waals surface area contributed by atoms with Crippen LogP contribution >= 0.6 is 0 Å². The standard InChI is InChI=1S/C8H17NO3/c10-5-7(11)6-12-8-2-1-3-9-4-8/h7-11H,1-6H2/t7?,8-/m0/s1. The van der Waals surface area contributed by atoms with Gasteiger partial charge >= 0.3 is 0 Å². The van der Waals surface area contributed by atoms with Gasteiger partial charge in [0.25, 0.3) is 0 Å². The summed E-state index contributed by atoms with van der Waals surface area (Å²) in [6.45, 7) is 1.93. The Morgan fingerprint density at radius 3 is 3.00 bits per heavy atom. The van der Waals surface area contributed by atoms with Gasteiger partial charge in [0.05, 0.1) is 19.3 Å². The lowest BCUT2D eigenvalue weighted by Crippen LogP contribution is -2.37. The molecule has 1 unspecified atom stereocenters. The van der Waals surface area contributed by atoms with Gasteiger partial charge in [0, 0.05) is 6.54 Å². The highest BCUT2D eigenvalue weighted by molar-refractivity contribution is 4.69. The molecule has 0 bridgehead atoms. The van der Waals surface area contributed by atoms with Crippen LogP contribution in [0.2, 0.25) is 0 Å². The van der Waals surface area contributed by atoms with Gasteiger partial charge in [-0.15, -0.1) is 0 Å². The maximum absolute atomic E-state index is 8.99. The van der Waals surface area contributed by atoms with Gasteiger partial charge in [-0.05, 0) is 19.4 Å². The van der Waals surface area contributed by atoms with E-state index in [1.165, 1.54) is 0 Å². The van der Waals surface area contributed by atoms with E-state index in [0.717, 1.165) is 25.9 Å². The molecule has 1 aliphatic rings. The van der Waals surface area contributed by atoms with Gasteiger partial charge in [-0.2, -0.15) is 0 Å². The number of ether oxygens (including phenoxy) is 1. The van der Waals surface area contributed by atoms with E-state index in [9.17, 15) is 0 Å². The van der Waals surface area contributed by atoms with E-state index in [1.54, 1.807) is 0 Å². The Labute approximate surface area is 72.5 Å². The van der Waals surface area contributed by atoms with E-state index < -0.39 is 6.10 Å². The minimum Gasteiger partial charge on any atom is -0.394 e. The lowest BCUT2D eigenvalue weighted by atomic mass is 10.1. The van der Waals surface area contributed by atoms with Crippen LogP contribution in [0.3, 0.4) is 0 Å². The first-order valence-corrected chi connectivity index (χ1v) is 4.44. The van der Waals surface area contributed by atoms with Crippen molar-refractivity contribution in [1.29, 1.82) is 0 Å². The molecule has 72 valence electrons. The van der Waals surface area contributed by atoms with Crippen molar-refractivity contribution in [2.24, 2.45) is 0 Å².